The summed E-state index contributed by atoms with van der Waals surface area (Å²) in [5.41, 5.74) is 1.10. The molecule has 0 saturated carbocycles. The summed E-state index contributed by atoms with van der Waals surface area (Å²) < 4.78 is 0. The van der Waals surface area contributed by atoms with Crippen molar-refractivity contribution in [1.29, 1.82) is 5.26 Å². The van der Waals surface area contributed by atoms with Gasteiger partial charge in [-0.2, -0.15) is 5.26 Å². The van der Waals surface area contributed by atoms with Crippen LogP contribution in [0.4, 0.5) is 5.00 Å². The van der Waals surface area contributed by atoms with Crippen LogP contribution in [-0.2, 0) is 22.4 Å². The molecule has 0 aliphatic heterocycles. The number of amides is 1. The molecule has 0 saturated heterocycles. The molecule has 1 aliphatic rings. The molecule has 130 valence electrons. The maximum absolute atomic E-state index is 12.4. The largest absolute Gasteiger partial charge is 0.481 e. The number of fused-ring (bicyclic) bond motifs is 1. The number of hydrogen-bond donors (Lipinski definition) is 2. The topological polar surface area (TPSA) is 90.2 Å². The van der Waals surface area contributed by atoms with Crippen molar-refractivity contribution < 1.29 is 14.7 Å². The number of carbonyl (C=O) groups excluding carboxylic acids is 1. The summed E-state index contributed by atoms with van der Waals surface area (Å²) in [5, 5.41) is 22.0. The quantitative estimate of drug-likeness (QED) is 0.814. The van der Waals surface area contributed by atoms with Gasteiger partial charge in [0.15, 0.2) is 0 Å². The van der Waals surface area contributed by atoms with Gasteiger partial charge in [0.1, 0.15) is 11.1 Å². The normalized spacial score (nSPS) is 19.0. The van der Waals surface area contributed by atoms with E-state index >= 15 is 0 Å². The number of nitriles is 1. The van der Waals surface area contributed by atoms with Crippen LogP contribution in [0.1, 0.15) is 62.5 Å². The van der Waals surface area contributed by atoms with Gasteiger partial charge in [0.25, 0.3) is 0 Å². The van der Waals surface area contributed by atoms with Crippen LogP contribution >= 0.6 is 11.3 Å². The predicted molar refractivity (Wildman–Crippen MR) is 94.1 cm³/mol. The van der Waals surface area contributed by atoms with Crippen LogP contribution in [0, 0.1) is 22.7 Å². The van der Waals surface area contributed by atoms with E-state index < -0.39 is 11.4 Å². The second-order valence-corrected chi connectivity index (χ2v) is 8.23. The van der Waals surface area contributed by atoms with Crippen molar-refractivity contribution in [1.82, 2.24) is 0 Å². The third kappa shape index (κ3) is 4.15. The zero-order valence-corrected chi connectivity index (χ0v) is 15.3. The van der Waals surface area contributed by atoms with Gasteiger partial charge in [-0.15, -0.1) is 11.3 Å². The molecule has 2 N–H and O–H groups in total. The van der Waals surface area contributed by atoms with Crippen molar-refractivity contribution in [2.24, 2.45) is 11.3 Å². The van der Waals surface area contributed by atoms with Crippen LogP contribution < -0.4 is 5.32 Å². The summed E-state index contributed by atoms with van der Waals surface area (Å²) in [6, 6.07) is 2.23. The fraction of sp³-hybridized carbons (Fsp3) is 0.611. The highest BCUT2D eigenvalue weighted by Crippen LogP contribution is 2.39. The first-order valence-electron chi connectivity index (χ1n) is 8.34. The number of thiophene rings is 1. The second-order valence-electron chi connectivity index (χ2n) is 7.13. The van der Waals surface area contributed by atoms with Crippen molar-refractivity contribution in [2.45, 2.75) is 59.3 Å². The van der Waals surface area contributed by atoms with E-state index in [1.54, 1.807) is 0 Å². The standard InChI is InChI=1S/C18H24N2O3S/c1-4-18(3,9-16(22)23)8-15(21)20-17-13(10-19)12-6-5-11(2)7-14(12)24-17/h11H,4-9H2,1-3H3,(H,20,21)(H,22,23)/t11-,18-/m1/s1. The molecule has 1 aromatic heterocycles. The van der Waals surface area contributed by atoms with Crippen LogP contribution in [0.3, 0.4) is 0 Å². The predicted octanol–water partition coefficient (Wildman–Crippen LogP) is 3.96. The molecule has 0 bridgehead atoms. The van der Waals surface area contributed by atoms with Crippen molar-refractivity contribution in [3.8, 4) is 6.07 Å². The lowest BCUT2D eigenvalue weighted by atomic mass is 9.80. The number of rotatable bonds is 6. The zero-order chi connectivity index (χ0) is 17.9. The third-order valence-electron chi connectivity index (χ3n) is 4.90. The maximum Gasteiger partial charge on any atom is 0.303 e. The molecule has 1 aromatic rings. The molecular weight excluding hydrogens is 324 g/mol. The Morgan fingerprint density at radius 2 is 2.17 bits per heavy atom. The Balaban J connectivity index is 2.15. The van der Waals surface area contributed by atoms with Crippen molar-refractivity contribution in [2.75, 3.05) is 5.32 Å². The van der Waals surface area contributed by atoms with Gasteiger partial charge in [0.2, 0.25) is 5.91 Å². The molecule has 1 heterocycles. The minimum absolute atomic E-state index is 0.0412. The van der Waals surface area contributed by atoms with Crippen LogP contribution in [0.5, 0.6) is 0 Å². The first-order valence-corrected chi connectivity index (χ1v) is 9.16. The summed E-state index contributed by atoms with van der Waals surface area (Å²) in [7, 11) is 0. The molecule has 0 fully saturated rings. The Bertz CT molecular complexity index is 689. The molecule has 6 heteroatoms. The van der Waals surface area contributed by atoms with Crippen molar-refractivity contribution in [3.63, 3.8) is 0 Å². The van der Waals surface area contributed by atoms with E-state index in [-0.39, 0.29) is 18.7 Å². The number of carbonyl (C=O) groups is 2. The van der Waals surface area contributed by atoms with Crippen molar-refractivity contribution >= 4 is 28.2 Å². The van der Waals surface area contributed by atoms with Crippen LogP contribution in [0.25, 0.3) is 0 Å². The van der Waals surface area contributed by atoms with Gasteiger partial charge in [-0.25, -0.2) is 0 Å². The number of anilines is 1. The number of hydrogen-bond acceptors (Lipinski definition) is 4. The minimum Gasteiger partial charge on any atom is -0.481 e. The molecule has 0 unspecified atom stereocenters. The van der Waals surface area contributed by atoms with Crippen molar-refractivity contribution in [3.05, 3.63) is 16.0 Å². The number of aliphatic carboxylic acids is 1. The highest BCUT2D eigenvalue weighted by Gasteiger charge is 2.30. The first-order chi connectivity index (χ1) is 11.3. The number of nitrogens with one attached hydrogen (secondary N) is 1. The van der Waals surface area contributed by atoms with Gasteiger partial charge in [-0.05, 0) is 42.6 Å². The fourth-order valence-corrected chi connectivity index (χ4v) is 4.57. The number of carboxylic acid groups (broad SMARTS) is 1. The van der Waals surface area contributed by atoms with E-state index in [0.717, 1.165) is 24.8 Å². The summed E-state index contributed by atoms with van der Waals surface area (Å²) in [5.74, 6) is -0.514. The van der Waals surface area contributed by atoms with E-state index in [9.17, 15) is 14.9 Å². The molecule has 2 rings (SSSR count). The third-order valence-corrected chi connectivity index (χ3v) is 6.07. The summed E-state index contributed by atoms with van der Waals surface area (Å²) in [6.07, 6.45) is 3.61. The maximum atomic E-state index is 12.4. The average molecular weight is 348 g/mol. The van der Waals surface area contributed by atoms with Gasteiger partial charge >= 0.3 is 5.97 Å². The molecule has 1 aliphatic carbocycles. The Hall–Kier alpha value is -1.87. The van der Waals surface area contributed by atoms with E-state index in [4.69, 9.17) is 5.11 Å². The Morgan fingerprint density at radius 1 is 1.46 bits per heavy atom. The molecule has 5 nitrogen and oxygen atoms in total. The lowest BCUT2D eigenvalue weighted by Crippen LogP contribution is -2.27. The molecule has 1 amide bonds. The first kappa shape index (κ1) is 18.5. The molecule has 0 radical (unpaired) electrons. The van der Waals surface area contributed by atoms with E-state index in [2.05, 4.69) is 18.3 Å². The Kier molecular flexibility index (Phi) is 5.66. The smallest absolute Gasteiger partial charge is 0.303 e. The minimum atomic E-state index is -0.898. The molecular formula is C18H24N2O3S. The molecule has 0 spiro atoms. The van der Waals surface area contributed by atoms with Gasteiger partial charge in [-0.1, -0.05) is 20.8 Å². The summed E-state index contributed by atoms with van der Waals surface area (Å²) >= 11 is 1.50. The number of carboxylic acids is 1. The SMILES string of the molecule is CC[C@@](C)(CC(=O)O)CC(=O)Nc1sc2c(c1C#N)CC[C@@H](C)C2. The highest BCUT2D eigenvalue weighted by molar-refractivity contribution is 7.16. The molecule has 24 heavy (non-hydrogen) atoms. The highest BCUT2D eigenvalue weighted by atomic mass is 32.1. The van der Waals surface area contributed by atoms with Gasteiger partial charge in [0.05, 0.1) is 12.0 Å². The van der Waals surface area contributed by atoms with E-state index in [0.29, 0.717) is 22.9 Å². The van der Waals surface area contributed by atoms with Gasteiger partial charge < -0.3 is 10.4 Å². The monoisotopic (exact) mass is 348 g/mol. The molecule has 2 atom stereocenters. The fourth-order valence-electron chi connectivity index (χ4n) is 3.19. The van der Waals surface area contributed by atoms with Crippen LogP contribution in [0.15, 0.2) is 0 Å². The van der Waals surface area contributed by atoms with E-state index in [1.165, 1.54) is 16.2 Å². The zero-order valence-electron chi connectivity index (χ0n) is 14.4. The van der Waals surface area contributed by atoms with E-state index in [1.807, 2.05) is 13.8 Å². The molecule has 0 aromatic carbocycles. The van der Waals surface area contributed by atoms with Crippen LogP contribution in [0.2, 0.25) is 0 Å². The Morgan fingerprint density at radius 3 is 2.75 bits per heavy atom. The Labute approximate surface area is 146 Å². The lowest BCUT2D eigenvalue weighted by molar-refractivity contribution is -0.140. The summed E-state index contributed by atoms with van der Waals surface area (Å²) in [6.45, 7) is 5.90. The average Bonchev–Trinajstić information content (AvgIpc) is 2.81. The second kappa shape index (κ2) is 7.35. The number of nitrogens with zero attached hydrogens (tertiary/aromatic N) is 1. The van der Waals surface area contributed by atoms with Crippen LogP contribution in [-0.4, -0.2) is 17.0 Å². The lowest BCUT2D eigenvalue weighted by Gasteiger charge is -2.25. The summed E-state index contributed by atoms with van der Waals surface area (Å²) in [4.78, 5) is 24.6. The van der Waals surface area contributed by atoms with Gasteiger partial charge in [0, 0.05) is 11.3 Å². The van der Waals surface area contributed by atoms with Gasteiger partial charge in [-0.3, -0.25) is 9.59 Å².